The molecular weight excluding hydrogens is 366 g/mol. The third-order valence-electron chi connectivity index (χ3n) is 4.15. The lowest BCUT2D eigenvalue weighted by Gasteiger charge is -2.05. The van der Waals surface area contributed by atoms with Gasteiger partial charge in [-0.3, -0.25) is 9.59 Å². The Balaban J connectivity index is 2.03. The molecular formula is C19H19N3O4S. The molecule has 27 heavy (non-hydrogen) atoms. The zero-order valence-corrected chi connectivity index (χ0v) is 15.5. The minimum Gasteiger partial charge on any atom is -0.368 e. The predicted molar refractivity (Wildman–Crippen MR) is 101 cm³/mol. The van der Waals surface area contributed by atoms with Crippen LogP contribution in [0.1, 0.15) is 5.56 Å². The topological polar surface area (TPSA) is 111 Å². The normalized spacial score (nSPS) is 11.4. The van der Waals surface area contributed by atoms with E-state index in [0.29, 0.717) is 10.9 Å². The predicted octanol–water partition coefficient (Wildman–Crippen LogP) is 1.38. The number of sulfone groups is 1. The summed E-state index contributed by atoms with van der Waals surface area (Å²) in [5, 5.41) is 2.93. The van der Waals surface area contributed by atoms with Gasteiger partial charge in [-0.05, 0) is 25.1 Å². The quantitative estimate of drug-likeness (QED) is 0.668. The summed E-state index contributed by atoms with van der Waals surface area (Å²) in [4.78, 5) is 23.2. The molecule has 3 rings (SSSR count). The van der Waals surface area contributed by atoms with Crippen molar-refractivity contribution < 1.29 is 18.0 Å². The van der Waals surface area contributed by atoms with Gasteiger partial charge in [0.15, 0.2) is 0 Å². The number of nitrogens with one attached hydrogen (secondary N) is 1. The Morgan fingerprint density at radius 3 is 2.41 bits per heavy atom. The van der Waals surface area contributed by atoms with Gasteiger partial charge in [-0.15, -0.1) is 0 Å². The van der Waals surface area contributed by atoms with E-state index >= 15 is 0 Å². The van der Waals surface area contributed by atoms with Crippen LogP contribution in [0.5, 0.6) is 0 Å². The van der Waals surface area contributed by atoms with Gasteiger partial charge in [0.1, 0.15) is 6.54 Å². The van der Waals surface area contributed by atoms with E-state index in [1.165, 1.54) is 6.20 Å². The van der Waals surface area contributed by atoms with Crippen LogP contribution < -0.4 is 11.1 Å². The Hall–Kier alpha value is -3.13. The molecule has 0 saturated carbocycles. The number of fused-ring (bicyclic) bond motifs is 1. The molecule has 0 saturated heterocycles. The molecule has 0 aliphatic heterocycles. The first kappa shape index (κ1) is 18.7. The molecule has 0 spiro atoms. The highest BCUT2D eigenvalue weighted by Gasteiger charge is 2.23. The number of benzene rings is 2. The number of primary amides is 1. The van der Waals surface area contributed by atoms with Crippen LogP contribution in [0.15, 0.2) is 64.5 Å². The number of aryl methyl sites for hydroxylation is 1. The Kier molecular flexibility index (Phi) is 5.00. The van der Waals surface area contributed by atoms with Crippen molar-refractivity contribution in [1.82, 2.24) is 9.88 Å². The van der Waals surface area contributed by atoms with Crippen LogP contribution in [0.2, 0.25) is 0 Å². The zero-order chi connectivity index (χ0) is 19.6. The van der Waals surface area contributed by atoms with Gasteiger partial charge in [0.2, 0.25) is 21.7 Å². The summed E-state index contributed by atoms with van der Waals surface area (Å²) in [5.41, 5.74) is 6.59. The van der Waals surface area contributed by atoms with E-state index < -0.39 is 21.7 Å². The average molecular weight is 385 g/mol. The SMILES string of the molecule is Cc1ccc(S(=O)(=O)c2cn(CC(=O)NCC(N)=O)c3ccccc23)cc1. The summed E-state index contributed by atoms with van der Waals surface area (Å²) in [6.07, 6.45) is 1.45. The maximum Gasteiger partial charge on any atom is 0.240 e. The molecule has 0 aliphatic carbocycles. The van der Waals surface area contributed by atoms with E-state index in [2.05, 4.69) is 5.32 Å². The first-order valence-corrected chi connectivity index (χ1v) is 9.72. The highest BCUT2D eigenvalue weighted by molar-refractivity contribution is 7.91. The van der Waals surface area contributed by atoms with Crippen molar-refractivity contribution in [1.29, 1.82) is 0 Å². The minimum absolute atomic E-state index is 0.128. The number of carbonyl (C=O) groups excluding carboxylic acids is 2. The largest absolute Gasteiger partial charge is 0.368 e. The van der Waals surface area contributed by atoms with Gasteiger partial charge in [-0.25, -0.2) is 8.42 Å². The van der Waals surface area contributed by atoms with E-state index in [-0.39, 0.29) is 22.9 Å². The number of amides is 2. The van der Waals surface area contributed by atoms with Crippen molar-refractivity contribution in [3.8, 4) is 0 Å². The first-order chi connectivity index (χ1) is 12.8. The number of rotatable bonds is 6. The fourth-order valence-corrected chi connectivity index (χ4v) is 4.28. The summed E-state index contributed by atoms with van der Waals surface area (Å²) >= 11 is 0. The molecule has 7 nitrogen and oxygen atoms in total. The van der Waals surface area contributed by atoms with Crippen molar-refractivity contribution in [3.05, 3.63) is 60.3 Å². The third kappa shape index (κ3) is 3.85. The van der Waals surface area contributed by atoms with E-state index in [0.717, 1.165) is 5.56 Å². The maximum atomic E-state index is 13.1. The van der Waals surface area contributed by atoms with Gasteiger partial charge < -0.3 is 15.6 Å². The van der Waals surface area contributed by atoms with Crippen molar-refractivity contribution in [2.45, 2.75) is 23.3 Å². The molecule has 140 valence electrons. The van der Waals surface area contributed by atoms with Gasteiger partial charge >= 0.3 is 0 Å². The molecule has 2 amide bonds. The van der Waals surface area contributed by atoms with Crippen LogP contribution in [0, 0.1) is 6.92 Å². The lowest BCUT2D eigenvalue weighted by atomic mass is 10.2. The van der Waals surface area contributed by atoms with Crippen LogP contribution in [0.4, 0.5) is 0 Å². The van der Waals surface area contributed by atoms with Crippen molar-refractivity contribution >= 4 is 32.6 Å². The summed E-state index contributed by atoms with van der Waals surface area (Å²) in [7, 11) is -3.75. The Bertz CT molecular complexity index is 1120. The molecule has 1 aromatic heterocycles. The monoisotopic (exact) mass is 385 g/mol. The summed E-state index contributed by atoms with van der Waals surface area (Å²) in [6.45, 7) is 1.48. The number of hydrogen-bond acceptors (Lipinski definition) is 4. The average Bonchev–Trinajstić information content (AvgIpc) is 3.00. The summed E-state index contributed by atoms with van der Waals surface area (Å²) < 4.78 is 27.7. The molecule has 0 fully saturated rings. The van der Waals surface area contributed by atoms with Crippen molar-refractivity contribution in [3.63, 3.8) is 0 Å². The molecule has 3 N–H and O–H groups in total. The minimum atomic E-state index is -3.75. The standard InChI is InChI=1S/C19H19N3O4S/c1-13-6-8-14(9-7-13)27(25,26)17-11-22(12-19(24)21-10-18(20)23)16-5-3-2-4-15(16)17/h2-9,11H,10,12H2,1H3,(H2,20,23)(H,21,24). The smallest absolute Gasteiger partial charge is 0.240 e. The molecule has 0 unspecified atom stereocenters. The van der Waals surface area contributed by atoms with Gasteiger partial charge in [0.25, 0.3) is 0 Å². The molecule has 0 atom stereocenters. The van der Waals surface area contributed by atoms with Crippen molar-refractivity contribution in [2.75, 3.05) is 6.54 Å². The number of nitrogens with two attached hydrogens (primary N) is 1. The fraction of sp³-hybridized carbons (Fsp3) is 0.158. The highest BCUT2D eigenvalue weighted by atomic mass is 32.2. The lowest BCUT2D eigenvalue weighted by molar-refractivity contribution is -0.125. The number of para-hydroxylation sites is 1. The Labute approximate surface area is 156 Å². The van der Waals surface area contributed by atoms with Crippen LogP contribution in [0.25, 0.3) is 10.9 Å². The molecule has 1 heterocycles. The zero-order valence-electron chi connectivity index (χ0n) is 14.7. The van der Waals surface area contributed by atoms with E-state index in [1.807, 2.05) is 6.92 Å². The summed E-state index contributed by atoms with van der Waals surface area (Å²) in [5.74, 6) is -1.09. The highest BCUT2D eigenvalue weighted by Crippen LogP contribution is 2.30. The maximum absolute atomic E-state index is 13.1. The molecule has 3 aromatic rings. The van der Waals surface area contributed by atoms with Crippen LogP contribution in [-0.2, 0) is 26.0 Å². The van der Waals surface area contributed by atoms with E-state index in [9.17, 15) is 18.0 Å². The second-order valence-corrected chi connectivity index (χ2v) is 8.12. The fourth-order valence-electron chi connectivity index (χ4n) is 2.80. The van der Waals surface area contributed by atoms with Gasteiger partial charge in [0.05, 0.1) is 16.3 Å². The number of aromatic nitrogens is 1. The Morgan fingerprint density at radius 1 is 1.07 bits per heavy atom. The van der Waals surface area contributed by atoms with Crippen LogP contribution >= 0.6 is 0 Å². The number of carbonyl (C=O) groups is 2. The van der Waals surface area contributed by atoms with Gasteiger partial charge in [-0.2, -0.15) is 0 Å². The molecule has 2 aromatic carbocycles. The lowest BCUT2D eigenvalue weighted by Crippen LogP contribution is -2.35. The molecule has 0 bridgehead atoms. The third-order valence-corrected chi connectivity index (χ3v) is 5.94. The van der Waals surface area contributed by atoms with Gasteiger partial charge in [-0.1, -0.05) is 35.9 Å². The van der Waals surface area contributed by atoms with Crippen LogP contribution in [0.3, 0.4) is 0 Å². The van der Waals surface area contributed by atoms with E-state index in [4.69, 9.17) is 5.73 Å². The summed E-state index contributed by atoms with van der Waals surface area (Å²) in [6, 6.07) is 13.6. The van der Waals surface area contributed by atoms with Crippen LogP contribution in [-0.4, -0.2) is 31.3 Å². The molecule has 0 aliphatic rings. The number of nitrogens with zero attached hydrogens (tertiary/aromatic N) is 1. The Morgan fingerprint density at radius 2 is 1.74 bits per heavy atom. The molecule has 8 heteroatoms. The second-order valence-electron chi connectivity index (χ2n) is 6.20. The first-order valence-electron chi connectivity index (χ1n) is 8.23. The second kappa shape index (κ2) is 7.24. The van der Waals surface area contributed by atoms with E-state index in [1.54, 1.807) is 53.1 Å². The van der Waals surface area contributed by atoms with Gasteiger partial charge in [0, 0.05) is 17.1 Å². The van der Waals surface area contributed by atoms with Crippen molar-refractivity contribution in [2.24, 2.45) is 5.73 Å². The number of hydrogen-bond donors (Lipinski definition) is 2. The molecule has 0 radical (unpaired) electrons.